The molecule has 164 valence electrons. The molecule has 0 aromatic carbocycles. The Morgan fingerprint density at radius 2 is 1.94 bits per heavy atom. The molecule has 1 aliphatic carbocycles. The summed E-state index contributed by atoms with van der Waals surface area (Å²) in [6.45, 7) is 2.16. The largest absolute Gasteiger partial charge is 0.465 e. The second-order valence-corrected chi connectivity index (χ2v) is 8.03. The number of amides is 1. The number of carboxylic acid groups (broad SMARTS) is 1. The standard InChI is InChI=1S/C22H29N7O2/c1-3-4-15-9-16-20(27-13-5-7-14(8-6-13)29-22(30)31)17(11-24-21(16)28-15)18-10-19(23-2)26-12-25-18/h9-14,29H,3-8H2,1-2H3,(H,30,31)(H,23,25,26)(H2,24,27,28)/t13-,14-. The lowest BCUT2D eigenvalue weighted by atomic mass is 9.90. The number of H-pyrrole nitrogens is 1. The van der Waals surface area contributed by atoms with Gasteiger partial charge in [0.15, 0.2) is 0 Å². The van der Waals surface area contributed by atoms with Crippen LogP contribution in [-0.2, 0) is 6.42 Å². The maximum atomic E-state index is 10.9. The highest BCUT2D eigenvalue weighted by Gasteiger charge is 2.24. The maximum Gasteiger partial charge on any atom is 0.404 e. The molecule has 3 aromatic heterocycles. The topological polar surface area (TPSA) is 128 Å². The number of pyridine rings is 1. The summed E-state index contributed by atoms with van der Waals surface area (Å²) in [5, 5.41) is 19.5. The van der Waals surface area contributed by atoms with E-state index >= 15 is 0 Å². The highest BCUT2D eigenvalue weighted by molar-refractivity contribution is 5.98. The van der Waals surface area contributed by atoms with Crippen LogP contribution < -0.4 is 16.0 Å². The van der Waals surface area contributed by atoms with Crippen molar-refractivity contribution < 1.29 is 9.90 Å². The quantitative estimate of drug-likeness (QED) is 0.388. The third kappa shape index (κ3) is 4.70. The highest BCUT2D eigenvalue weighted by Crippen LogP contribution is 2.36. The van der Waals surface area contributed by atoms with Crippen molar-refractivity contribution in [2.75, 3.05) is 17.7 Å². The minimum absolute atomic E-state index is 0.0240. The van der Waals surface area contributed by atoms with E-state index in [-0.39, 0.29) is 12.1 Å². The number of nitrogens with one attached hydrogen (secondary N) is 4. The minimum atomic E-state index is -0.950. The van der Waals surface area contributed by atoms with Gasteiger partial charge < -0.3 is 26.0 Å². The van der Waals surface area contributed by atoms with E-state index in [4.69, 9.17) is 5.11 Å². The lowest BCUT2D eigenvalue weighted by molar-refractivity contribution is 0.185. The lowest BCUT2D eigenvalue weighted by Gasteiger charge is -2.30. The smallest absolute Gasteiger partial charge is 0.404 e. The van der Waals surface area contributed by atoms with Crippen molar-refractivity contribution in [2.24, 2.45) is 0 Å². The molecule has 9 heteroatoms. The van der Waals surface area contributed by atoms with E-state index in [9.17, 15) is 4.79 Å². The molecule has 9 nitrogen and oxygen atoms in total. The number of anilines is 2. The van der Waals surface area contributed by atoms with Crippen molar-refractivity contribution in [2.45, 2.75) is 57.5 Å². The van der Waals surface area contributed by atoms with Gasteiger partial charge in [0.05, 0.1) is 11.4 Å². The molecule has 3 aromatic rings. The molecule has 1 fully saturated rings. The number of aromatic nitrogens is 4. The van der Waals surface area contributed by atoms with E-state index in [0.717, 1.165) is 78.0 Å². The van der Waals surface area contributed by atoms with Gasteiger partial charge in [-0.2, -0.15) is 0 Å². The zero-order valence-corrected chi connectivity index (χ0v) is 17.9. The van der Waals surface area contributed by atoms with Crippen LogP contribution in [0, 0.1) is 0 Å². The fourth-order valence-corrected chi connectivity index (χ4v) is 4.29. The lowest BCUT2D eigenvalue weighted by Crippen LogP contribution is -2.39. The zero-order chi connectivity index (χ0) is 21.8. The molecule has 0 atom stereocenters. The average molecular weight is 424 g/mol. The van der Waals surface area contributed by atoms with Crippen LogP contribution in [-0.4, -0.2) is 50.3 Å². The van der Waals surface area contributed by atoms with E-state index in [2.05, 4.69) is 48.9 Å². The van der Waals surface area contributed by atoms with E-state index in [1.807, 2.05) is 19.3 Å². The van der Waals surface area contributed by atoms with E-state index in [0.29, 0.717) is 0 Å². The van der Waals surface area contributed by atoms with E-state index in [1.165, 1.54) is 0 Å². The number of nitrogens with zero attached hydrogens (tertiary/aromatic N) is 3. The first kappa shape index (κ1) is 20.9. The molecule has 0 unspecified atom stereocenters. The van der Waals surface area contributed by atoms with Gasteiger partial charge in [-0.25, -0.2) is 19.7 Å². The summed E-state index contributed by atoms with van der Waals surface area (Å²) in [6.07, 6.45) is 7.91. The predicted molar refractivity (Wildman–Crippen MR) is 121 cm³/mol. The number of hydrogen-bond donors (Lipinski definition) is 5. The monoisotopic (exact) mass is 423 g/mol. The molecular weight excluding hydrogens is 394 g/mol. The minimum Gasteiger partial charge on any atom is -0.465 e. The SMILES string of the molecule is CCCc1cc2c(N[C@H]3CC[C@H](NC(=O)O)CC3)c(-c3cc(NC)ncn3)cnc2[nH]1. The Morgan fingerprint density at radius 3 is 2.65 bits per heavy atom. The van der Waals surface area contributed by atoms with Crippen molar-refractivity contribution in [3.63, 3.8) is 0 Å². The van der Waals surface area contributed by atoms with Gasteiger partial charge in [0, 0.05) is 48.0 Å². The van der Waals surface area contributed by atoms with Crippen molar-refractivity contribution >= 4 is 28.6 Å². The molecule has 1 saturated carbocycles. The zero-order valence-electron chi connectivity index (χ0n) is 17.9. The summed E-state index contributed by atoms with van der Waals surface area (Å²) in [7, 11) is 1.83. The molecule has 0 spiro atoms. The maximum absolute atomic E-state index is 10.9. The Kier molecular flexibility index (Phi) is 6.20. The van der Waals surface area contributed by atoms with Crippen LogP contribution in [0.2, 0.25) is 0 Å². The first-order chi connectivity index (χ1) is 15.1. The number of aromatic amines is 1. The predicted octanol–water partition coefficient (Wildman–Crippen LogP) is 4.00. The first-order valence-electron chi connectivity index (χ1n) is 10.8. The summed E-state index contributed by atoms with van der Waals surface area (Å²) in [5.41, 5.74) is 4.77. The van der Waals surface area contributed by atoms with Gasteiger partial charge in [-0.15, -0.1) is 0 Å². The van der Waals surface area contributed by atoms with Crippen LogP contribution in [0.3, 0.4) is 0 Å². The van der Waals surface area contributed by atoms with Gasteiger partial charge in [-0.1, -0.05) is 13.3 Å². The molecule has 0 aliphatic heterocycles. The summed E-state index contributed by atoms with van der Waals surface area (Å²) in [5.74, 6) is 0.747. The summed E-state index contributed by atoms with van der Waals surface area (Å²) < 4.78 is 0. The first-order valence-corrected chi connectivity index (χ1v) is 10.8. The van der Waals surface area contributed by atoms with Crippen LogP contribution in [0.15, 0.2) is 24.7 Å². The van der Waals surface area contributed by atoms with E-state index in [1.54, 1.807) is 6.33 Å². The van der Waals surface area contributed by atoms with Crippen LogP contribution in [0.4, 0.5) is 16.3 Å². The second kappa shape index (κ2) is 9.20. The van der Waals surface area contributed by atoms with Crippen molar-refractivity contribution in [1.82, 2.24) is 25.3 Å². The average Bonchev–Trinajstić information content (AvgIpc) is 3.18. The van der Waals surface area contributed by atoms with Crippen molar-refractivity contribution in [3.8, 4) is 11.3 Å². The fraction of sp³-hybridized carbons (Fsp3) is 0.455. The number of carbonyl (C=O) groups is 1. The molecular formula is C22H29N7O2. The van der Waals surface area contributed by atoms with Crippen LogP contribution >= 0.6 is 0 Å². The Balaban J connectivity index is 1.67. The van der Waals surface area contributed by atoms with Crippen molar-refractivity contribution in [1.29, 1.82) is 0 Å². The number of aryl methyl sites for hydroxylation is 1. The van der Waals surface area contributed by atoms with Gasteiger partial charge in [0.2, 0.25) is 0 Å². The van der Waals surface area contributed by atoms with E-state index < -0.39 is 6.09 Å². The molecule has 5 N–H and O–H groups in total. The Labute approximate surface area is 181 Å². The molecule has 0 saturated heterocycles. The molecule has 4 rings (SSSR count). The van der Waals surface area contributed by atoms with Gasteiger partial charge >= 0.3 is 6.09 Å². The third-order valence-corrected chi connectivity index (χ3v) is 5.84. The van der Waals surface area contributed by atoms with Crippen LogP contribution in [0.25, 0.3) is 22.3 Å². The normalized spacial score (nSPS) is 18.6. The molecule has 31 heavy (non-hydrogen) atoms. The summed E-state index contributed by atoms with van der Waals surface area (Å²) in [4.78, 5) is 27.8. The molecule has 1 aliphatic rings. The third-order valence-electron chi connectivity index (χ3n) is 5.84. The molecule has 3 heterocycles. The Hall–Kier alpha value is -3.36. The molecule has 1 amide bonds. The molecule has 0 radical (unpaired) electrons. The van der Waals surface area contributed by atoms with Gasteiger partial charge in [0.25, 0.3) is 0 Å². The second-order valence-electron chi connectivity index (χ2n) is 8.03. The number of hydrogen-bond acceptors (Lipinski definition) is 6. The fourth-order valence-electron chi connectivity index (χ4n) is 4.29. The van der Waals surface area contributed by atoms with Crippen LogP contribution in [0.1, 0.15) is 44.7 Å². The Morgan fingerprint density at radius 1 is 1.16 bits per heavy atom. The van der Waals surface area contributed by atoms with Gasteiger partial charge in [-0.05, 0) is 38.2 Å². The Bertz CT molecular complexity index is 1060. The van der Waals surface area contributed by atoms with Gasteiger partial charge in [-0.3, -0.25) is 0 Å². The van der Waals surface area contributed by atoms with Crippen LogP contribution in [0.5, 0.6) is 0 Å². The number of rotatable bonds is 7. The summed E-state index contributed by atoms with van der Waals surface area (Å²) in [6, 6.07) is 4.37. The highest BCUT2D eigenvalue weighted by atomic mass is 16.4. The molecule has 0 bridgehead atoms. The summed E-state index contributed by atoms with van der Waals surface area (Å²) >= 11 is 0. The van der Waals surface area contributed by atoms with Gasteiger partial charge in [0.1, 0.15) is 17.8 Å². The van der Waals surface area contributed by atoms with Crippen molar-refractivity contribution in [3.05, 3.63) is 30.4 Å². The number of fused-ring (bicyclic) bond motifs is 1.